The molecule has 2 heterocycles. The summed E-state index contributed by atoms with van der Waals surface area (Å²) in [6.45, 7) is 0.748. The second-order valence-corrected chi connectivity index (χ2v) is 7.91. The van der Waals surface area contributed by atoms with Crippen LogP contribution in [0.25, 0.3) is 0 Å². The molecule has 0 bridgehead atoms. The van der Waals surface area contributed by atoms with E-state index in [1.807, 2.05) is 17.5 Å². The summed E-state index contributed by atoms with van der Waals surface area (Å²) in [4.78, 5) is 14.0. The van der Waals surface area contributed by atoms with Crippen molar-refractivity contribution in [2.24, 2.45) is 0 Å². The number of aliphatic carboxylic acids is 1. The van der Waals surface area contributed by atoms with E-state index in [-0.39, 0.29) is 6.04 Å². The van der Waals surface area contributed by atoms with E-state index in [9.17, 15) is 9.90 Å². The number of carbonyl (C=O) groups is 1. The molecule has 1 aliphatic heterocycles. The quantitative estimate of drug-likeness (QED) is 0.714. The van der Waals surface area contributed by atoms with E-state index in [0.29, 0.717) is 17.9 Å². The highest BCUT2D eigenvalue weighted by molar-refractivity contribution is 9.10. The van der Waals surface area contributed by atoms with E-state index in [0.717, 1.165) is 35.0 Å². The zero-order valence-corrected chi connectivity index (χ0v) is 17.2. The standard InChI is InChI=1S/C19H22BrNO4S/c1-24-16-9-13(14(20)10-17(16)25-2)18(12-6-8-26-11-12)21-7-4-3-5-15(21)19(22)23/h6,8-11,15,18H,3-5,7H2,1-2H3,(H,22,23). The number of benzene rings is 1. The van der Waals surface area contributed by atoms with Crippen LogP contribution >= 0.6 is 27.3 Å². The molecule has 3 rings (SSSR count). The third kappa shape index (κ3) is 3.75. The van der Waals surface area contributed by atoms with Gasteiger partial charge in [-0.15, -0.1) is 0 Å². The third-order valence-corrected chi connectivity index (χ3v) is 6.21. The zero-order valence-electron chi connectivity index (χ0n) is 14.8. The monoisotopic (exact) mass is 439 g/mol. The van der Waals surface area contributed by atoms with Crippen molar-refractivity contribution < 1.29 is 19.4 Å². The topological polar surface area (TPSA) is 59.0 Å². The van der Waals surface area contributed by atoms with Gasteiger partial charge in [-0.3, -0.25) is 9.69 Å². The number of nitrogens with zero attached hydrogens (tertiary/aromatic N) is 1. The van der Waals surface area contributed by atoms with Crippen LogP contribution in [0.4, 0.5) is 0 Å². The molecule has 1 saturated heterocycles. The molecule has 1 N–H and O–H groups in total. The van der Waals surface area contributed by atoms with Crippen molar-refractivity contribution in [2.45, 2.75) is 31.3 Å². The number of likely N-dealkylation sites (tertiary alicyclic amines) is 1. The molecule has 0 aliphatic carbocycles. The van der Waals surface area contributed by atoms with Crippen molar-refractivity contribution in [3.63, 3.8) is 0 Å². The maximum Gasteiger partial charge on any atom is 0.320 e. The van der Waals surface area contributed by atoms with Crippen LogP contribution in [-0.2, 0) is 4.79 Å². The van der Waals surface area contributed by atoms with Crippen molar-refractivity contribution in [3.05, 3.63) is 44.6 Å². The van der Waals surface area contributed by atoms with E-state index < -0.39 is 12.0 Å². The van der Waals surface area contributed by atoms with Crippen LogP contribution in [0.3, 0.4) is 0 Å². The lowest BCUT2D eigenvalue weighted by Gasteiger charge is -2.39. The first-order chi connectivity index (χ1) is 12.6. The van der Waals surface area contributed by atoms with E-state index in [4.69, 9.17) is 9.47 Å². The largest absolute Gasteiger partial charge is 0.493 e. The number of methoxy groups -OCH3 is 2. The van der Waals surface area contributed by atoms with Crippen LogP contribution < -0.4 is 9.47 Å². The highest BCUT2D eigenvalue weighted by Gasteiger charge is 2.36. The Hall–Kier alpha value is -1.57. The molecule has 5 nitrogen and oxygen atoms in total. The molecule has 0 amide bonds. The Morgan fingerprint density at radius 2 is 2.04 bits per heavy atom. The van der Waals surface area contributed by atoms with Gasteiger partial charge in [0.2, 0.25) is 0 Å². The van der Waals surface area contributed by atoms with E-state index in [2.05, 4.69) is 32.3 Å². The van der Waals surface area contributed by atoms with Crippen molar-refractivity contribution >= 4 is 33.2 Å². The smallest absolute Gasteiger partial charge is 0.320 e. The van der Waals surface area contributed by atoms with Gasteiger partial charge in [-0.05, 0) is 59.5 Å². The maximum absolute atomic E-state index is 11.9. The fourth-order valence-electron chi connectivity index (χ4n) is 3.59. The van der Waals surface area contributed by atoms with Crippen LogP contribution in [0.15, 0.2) is 33.4 Å². The number of hydrogen-bond donors (Lipinski definition) is 1. The number of halogens is 1. The highest BCUT2D eigenvalue weighted by Crippen LogP contribution is 2.42. The van der Waals surface area contributed by atoms with Gasteiger partial charge in [0.15, 0.2) is 11.5 Å². The minimum Gasteiger partial charge on any atom is -0.493 e. The fourth-order valence-corrected chi connectivity index (χ4v) is 4.81. The fraction of sp³-hybridized carbons (Fsp3) is 0.421. The van der Waals surface area contributed by atoms with Gasteiger partial charge in [0.1, 0.15) is 6.04 Å². The van der Waals surface area contributed by atoms with Gasteiger partial charge in [-0.2, -0.15) is 11.3 Å². The Labute approximate surface area is 165 Å². The third-order valence-electron chi connectivity index (χ3n) is 4.82. The van der Waals surface area contributed by atoms with Gasteiger partial charge in [0.05, 0.1) is 20.3 Å². The molecule has 0 radical (unpaired) electrons. The van der Waals surface area contributed by atoms with Gasteiger partial charge in [-0.25, -0.2) is 0 Å². The molecule has 1 fully saturated rings. The number of carboxylic acids is 1. The molecular weight excluding hydrogens is 418 g/mol. The summed E-state index contributed by atoms with van der Waals surface area (Å²) >= 11 is 5.27. The second kappa shape index (κ2) is 8.41. The molecule has 0 spiro atoms. The van der Waals surface area contributed by atoms with Crippen LogP contribution in [0.1, 0.15) is 36.4 Å². The number of ether oxygens (including phenoxy) is 2. The van der Waals surface area contributed by atoms with Gasteiger partial charge in [0.25, 0.3) is 0 Å². The molecule has 1 aliphatic rings. The molecule has 2 aromatic rings. The summed E-state index contributed by atoms with van der Waals surface area (Å²) in [5.41, 5.74) is 2.07. The Balaban J connectivity index is 2.12. The van der Waals surface area contributed by atoms with E-state index >= 15 is 0 Å². The summed E-state index contributed by atoms with van der Waals surface area (Å²) in [5, 5.41) is 13.9. The first-order valence-corrected chi connectivity index (χ1v) is 10.2. The number of piperidine rings is 1. The zero-order chi connectivity index (χ0) is 18.7. The second-order valence-electron chi connectivity index (χ2n) is 6.28. The van der Waals surface area contributed by atoms with E-state index in [1.54, 1.807) is 25.6 Å². The molecular formula is C19H22BrNO4S. The number of rotatable bonds is 6. The predicted molar refractivity (Wildman–Crippen MR) is 105 cm³/mol. The molecule has 1 aromatic heterocycles. The van der Waals surface area contributed by atoms with Crippen LogP contribution in [0, 0.1) is 0 Å². The molecule has 1 aromatic carbocycles. The SMILES string of the molecule is COc1cc(Br)c(C(c2ccsc2)N2CCCCC2C(=O)O)cc1OC. The highest BCUT2D eigenvalue weighted by atomic mass is 79.9. The average Bonchev–Trinajstić information content (AvgIpc) is 3.17. The summed E-state index contributed by atoms with van der Waals surface area (Å²) in [7, 11) is 3.21. The van der Waals surface area contributed by atoms with Crippen LogP contribution in [0.5, 0.6) is 11.5 Å². The molecule has 2 unspecified atom stereocenters. The minimum atomic E-state index is -0.762. The average molecular weight is 440 g/mol. The summed E-state index contributed by atoms with van der Waals surface area (Å²) in [6, 6.07) is 5.24. The van der Waals surface area contributed by atoms with Gasteiger partial charge in [0, 0.05) is 4.47 Å². The van der Waals surface area contributed by atoms with Crippen molar-refractivity contribution in [3.8, 4) is 11.5 Å². The lowest BCUT2D eigenvalue weighted by Crippen LogP contribution is -2.46. The number of thiophene rings is 1. The Morgan fingerprint density at radius 3 is 2.65 bits per heavy atom. The van der Waals surface area contributed by atoms with Crippen LogP contribution in [0.2, 0.25) is 0 Å². The first kappa shape index (κ1) is 19.2. The van der Waals surface area contributed by atoms with Gasteiger partial charge >= 0.3 is 5.97 Å². The van der Waals surface area contributed by atoms with Crippen molar-refractivity contribution in [1.82, 2.24) is 4.90 Å². The van der Waals surface area contributed by atoms with E-state index in [1.165, 1.54) is 0 Å². The van der Waals surface area contributed by atoms with Crippen molar-refractivity contribution in [2.75, 3.05) is 20.8 Å². The molecule has 26 heavy (non-hydrogen) atoms. The molecule has 7 heteroatoms. The molecule has 0 saturated carbocycles. The number of carboxylic acid groups (broad SMARTS) is 1. The normalized spacial score (nSPS) is 19.1. The van der Waals surface area contributed by atoms with Crippen LogP contribution in [-0.4, -0.2) is 42.8 Å². The Morgan fingerprint density at radius 1 is 1.31 bits per heavy atom. The Kier molecular flexibility index (Phi) is 6.21. The first-order valence-electron chi connectivity index (χ1n) is 8.49. The lowest BCUT2D eigenvalue weighted by molar-refractivity contribution is -0.145. The van der Waals surface area contributed by atoms with Gasteiger partial charge in [-0.1, -0.05) is 22.4 Å². The summed E-state index contributed by atoms with van der Waals surface area (Å²) in [6.07, 6.45) is 2.60. The maximum atomic E-state index is 11.9. The summed E-state index contributed by atoms with van der Waals surface area (Å²) in [5.74, 6) is 0.511. The number of hydrogen-bond acceptors (Lipinski definition) is 5. The molecule has 140 valence electrons. The Bertz CT molecular complexity index is 765. The predicted octanol–water partition coefficient (Wildman–Crippen LogP) is 4.56. The summed E-state index contributed by atoms with van der Waals surface area (Å²) < 4.78 is 11.7. The molecule has 2 atom stereocenters. The lowest BCUT2D eigenvalue weighted by atomic mass is 9.93. The minimum absolute atomic E-state index is 0.156. The van der Waals surface area contributed by atoms with Gasteiger partial charge < -0.3 is 14.6 Å². The van der Waals surface area contributed by atoms with Crippen molar-refractivity contribution in [1.29, 1.82) is 0 Å².